The third-order valence-corrected chi connectivity index (χ3v) is 0.898. The molecule has 0 saturated carbocycles. The minimum Gasteiger partial charge on any atom is -0.295 e. The SMILES string of the molecule is C[NH2+]N[B]n1cccn1. The van der Waals surface area contributed by atoms with Gasteiger partial charge in [-0.1, -0.05) is 0 Å². The van der Waals surface area contributed by atoms with Gasteiger partial charge in [-0.2, -0.15) is 10.4 Å². The Labute approximate surface area is 54.5 Å². The summed E-state index contributed by atoms with van der Waals surface area (Å²) < 4.78 is 1.69. The van der Waals surface area contributed by atoms with Crippen LogP contribution >= 0.6 is 0 Å². The highest BCUT2D eigenvalue weighted by Gasteiger charge is 1.91. The van der Waals surface area contributed by atoms with E-state index in [1.165, 1.54) is 0 Å². The molecule has 0 amide bonds. The molecule has 0 fully saturated rings. The molecule has 5 heteroatoms. The van der Waals surface area contributed by atoms with Crippen LogP contribution in [0.1, 0.15) is 0 Å². The lowest BCUT2D eigenvalue weighted by atomic mass is 10.2. The Morgan fingerprint density at radius 3 is 3.22 bits per heavy atom. The van der Waals surface area contributed by atoms with Crippen LogP contribution in [0, 0.1) is 0 Å². The van der Waals surface area contributed by atoms with Crippen molar-refractivity contribution in [2.24, 2.45) is 0 Å². The fraction of sp³-hybridized carbons (Fsp3) is 0.250. The zero-order valence-corrected chi connectivity index (χ0v) is 5.28. The predicted molar refractivity (Wildman–Crippen MR) is 34.4 cm³/mol. The molecule has 1 aromatic heterocycles. The van der Waals surface area contributed by atoms with E-state index in [0.717, 1.165) is 0 Å². The molecule has 9 heavy (non-hydrogen) atoms. The lowest BCUT2D eigenvalue weighted by molar-refractivity contribution is -0.666. The molecular weight excluding hydrogens is 115 g/mol. The fourth-order valence-electron chi connectivity index (χ4n) is 0.508. The Kier molecular flexibility index (Phi) is 2.29. The van der Waals surface area contributed by atoms with Gasteiger partial charge in [-0.05, 0) is 6.07 Å². The molecule has 0 bridgehead atoms. The van der Waals surface area contributed by atoms with Crippen molar-refractivity contribution in [3.8, 4) is 0 Å². The number of aromatic nitrogens is 2. The molecule has 0 atom stereocenters. The van der Waals surface area contributed by atoms with Gasteiger partial charge in [-0.3, -0.25) is 10.0 Å². The van der Waals surface area contributed by atoms with Gasteiger partial charge in [0.1, 0.15) is 0 Å². The number of nitrogens with two attached hydrogens (primary N) is 1. The fourth-order valence-corrected chi connectivity index (χ4v) is 0.508. The summed E-state index contributed by atoms with van der Waals surface area (Å²) in [6.07, 6.45) is 3.59. The first-order valence-corrected chi connectivity index (χ1v) is 2.80. The van der Waals surface area contributed by atoms with Gasteiger partial charge >= 0.3 is 7.55 Å². The van der Waals surface area contributed by atoms with Crippen LogP contribution in [0.25, 0.3) is 0 Å². The van der Waals surface area contributed by atoms with E-state index in [0.29, 0.717) is 0 Å². The Morgan fingerprint density at radius 2 is 2.67 bits per heavy atom. The van der Waals surface area contributed by atoms with Crippen LogP contribution in [0.15, 0.2) is 18.5 Å². The van der Waals surface area contributed by atoms with E-state index in [1.807, 2.05) is 24.7 Å². The first-order chi connectivity index (χ1) is 4.43. The molecule has 0 aliphatic heterocycles. The Bertz CT molecular complexity index is 150. The lowest BCUT2D eigenvalue weighted by Crippen LogP contribution is -2.91. The summed E-state index contributed by atoms with van der Waals surface area (Å²) in [4.78, 5) is 0. The normalized spacial score (nSPS) is 9.44. The molecule has 0 aliphatic rings. The van der Waals surface area contributed by atoms with Crippen molar-refractivity contribution in [3.05, 3.63) is 18.5 Å². The molecule has 1 aromatic rings. The maximum atomic E-state index is 3.93. The number of rotatable bonds is 3. The van der Waals surface area contributed by atoms with E-state index in [1.54, 1.807) is 18.3 Å². The molecule has 0 aliphatic carbocycles. The Morgan fingerprint density at radius 1 is 1.78 bits per heavy atom. The lowest BCUT2D eigenvalue weighted by Gasteiger charge is -1.94. The van der Waals surface area contributed by atoms with E-state index in [-0.39, 0.29) is 0 Å². The molecule has 1 rings (SSSR count). The smallest absolute Gasteiger partial charge is 0.295 e. The monoisotopic (exact) mass is 124 g/mol. The van der Waals surface area contributed by atoms with Gasteiger partial charge in [0.2, 0.25) is 0 Å². The van der Waals surface area contributed by atoms with Crippen LogP contribution in [0.3, 0.4) is 0 Å². The largest absolute Gasteiger partial charge is 0.433 e. The predicted octanol–water partition coefficient (Wildman–Crippen LogP) is -2.04. The van der Waals surface area contributed by atoms with Crippen LogP contribution < -0.4 is 10.8 Å². The second-order valence-electron chi connectivity index (χ2n) is 1.57. The molecule has 3 N–H and O–H groups in total. The molecule has 47 valence electrons. The standard InChI is InChI=1S/C4H8BN4/c1-6-8-5-9-4-2-3-7-9/h2-4,6,8H,1H3/p+1. The van der Waals surface area contributed by atoms with Crippen molar-refractivity contribution in [3.63, 3.8) is 0 Å². The van der Waals surface area contributed by atoms with Crippen molar-refractivity contribution in [1.29, 1.82) is 0 Å². The van der Waals surface area contributed by atoms with Crippen LogP contribution in [0.5, 0.6) is 0 Å². The number of nitrogens with zero attached hydrogens (tertiary/aromatic N) is 2. The summed E-state index contributed by atoms with van der Waals surface area (Å²) in [6.45, 7) is 0. The van der Waals surface area contributed by atoms with E-state index in [2.05, 4.69) is 10.4 Å². The Hall–Kier alpha value is -0.805. The molecule has 0 spiro atoms. The van der Waals surface area contributed by atoms with E-state index in [9.17, 15) is 0 Å². The second kappa shape index (κ2) is 3.27. The third-order valence-electron chi connectivity index (χ3n) is 0.898. The highest BCUT2D eigenvalue weighted by atomic mass is 15.4. The maximum Gasteiger partial charge on any atom is 0.433 e. The van der Waals surface area contributed by atoms with Gasteiger partial charge in [-0.15, -0.1) is 0 Å². The summed E-state index contributed by atoms with van der Waals surface area (Å²) in [6, 6.07) is 1.87. The van der Waals surface area contributed by atoms with Crippen molar-refractivity contribution in [1.82, 2.24) is 15.0 Å². The van der Waals surface area contributed by atoms with Gasteiger partial charge in [-0.25, -0.2) is 0 Å². The minimum atomic E-state index is 1.69. The topological polar surface area (TPSA) is 46.5 Å². The number of nitrogens with one attached hydrogen (secondary N) is 1. The molecular formula is C4H9BN4+. The highest BCUT2D eigenvalue weighted by molar-refractivity contribution is 6.28. The number of hydrogen-bond donors (Lipinski definition) is 2. The first-order valence-electron chi connectivity index (χ1n) is 2.80. The molecule has 0 saturated heterocycles. The quantitative estimate of drug-likeness (QED) is 0.277. The van der Waals surface area contributed by atoms with Gasteiger partial charge < -0.3 is 0 Å². The van der Waals surface area contributed by atoms with Crippen LogP contribution in [-0.4, -0.2) is 24.3 Å². The van der Waals surface area contributed by atoms with Gasteiger partial charge in [0.05, 0.1) is 7.05 Å². The molecule has 0 aromatic carbocycles. The summed E-state index contributed by atoms with van der Waals surface area (Å²) in [5.74, 6) is 0. The van der Waals surface area contributed by atoms with Crippen LogP contribution in [0.4, 0.5) is 0 Å². The summed E-state index contributed by atoms with van der Waals surface area (Å²) in [5.41, 5.74) is 1.84. The van der Waals surface area contributed by atoms with Crippen LogP contribution in [-0.2, 0) is 0 Å². The summed E-state index contributed by atoms with van der Waals surface area (Å²) in [7, 11) is 3.68. The zero-order chi connectivity index (χ0) is 6.53. The minimum absolute atomic E-state index is 1.69. The van der Waals surface area contributed by atoms with E-state index >= 15 is 0 Å². The summed E-state index contributed by atoms with van der Waals surface area (Å²) in [5, 5.41) is 6.83. The number of quaternary nitrogens is 1. The molecule has 4 nitrogen and oxygen atoms in total. The Balaban J connectivity index is 2.30. The molecule has 1 heterocycles. The average molecular weight is 124 g/mol. The van der Waals surface area contributed by atoms with Crippen LogP contribution in [0.2, 0.25) is 0 Å². The van der Waals surface area contributed by atoms with E-state index < -0.39 is 0 Å². The third kappa shape index (κ3) is 1.87. The van der Waals surface area contributed by atoms with Gasteiger partial charge in [0, 0.05) is 12.4 Å². The summed E-state index contributed by atoms with van der Waals surface area (Å²) >= 11 is 0. The van der Waals surface area contributed by atoms with Gasteiger partial charge in [0.25, 0.3) is 0 Å². The molecule has 0 unspecified atom stereocenters. The zero-order valence-electron chi connectivity index (χ0n) is 5.28. The molecule has 1 radical (unpaired) electrons. The van der Waals surface area contributed by atoms with Crippen molar-refractivity contribution in [2.75, 3.05) is 7.05 Å². The maximum absolute atomic E-state index is 3.93. The number of hydrogen-bond acceptors (Lipinski definition) is 2. The first kappa shape index (κ1) is 6.32. The highest BCUT2D eigenvalue weighted by Crippen LogP contribution is 1.74. The van der Waals surface area contributed by atoms with E-state index in [4.69, 9.17) is 0 Å². The average Bonchev–Trinajstić information content (AvgIpc) is 2.34. The van der Waals surface area contributed by atoms with Gasteiger partial charge in [0.15, 0.2) is 0 Å². The van der Waals surface area contributed by atoms with Crippen molar-refractivity contribution < 1.29 is 5.43 Å². The van der Waals surface area contributed by atoms with Crippen molar-refractivity contribution in [2.45, 2.75) is 0 Å². The second-order valence-corrected chi connectivity index (χ2v) is 1.57. The van der Waals surface area contributed by atoms with Crippen molar-refractivity contribution >= 4 is 7.55 Å².